The lowest BCUT2D eigenvalue weighted by molar-refractivity contribution is 0.620. The third-order valence-corrected chi connectivity index (χ3v) is 8.27. The van der Waals surface area contributed by atoms with Crippen LogP contribution in [-0.2, 0) is 5.41 Å². The third-order valence-electron chi connectivity index (χ3n) is 8.27. The smallest absolute Gasteiger partial charge is 0.241 e. The normalized spacial score (nSPS) is 14.2. The molecule has 0 aliphatic carbocycles. The number of benzene rings is 5. The van der Waals surface area contributed by atoms with Crippen LogP contribution >= 0.6 is 0 Å². The number of aromatic nitrogens is 1. The van der Waals surface area contributed by atoms with Crippen LogP contribution in [0, 0.1) is 0 Å². The molecule has 8 rings (SSSR count). The van der Waals surface area contributed by atoms with Crippen LogP contribution in [0.1, 0.15) is 25.0 Å². The van der Waals surface area contributed by atoms with Gasteiger partial charge in [-0.1, -0.05) is 121 Å². The van der Waals surface area contributed by atoms with Crippen LogP contribution in [0.25, 0.3) is 44.5 Å². The van der Waals surface area contributed by atoms with Crippen molar-refractivity contribution in [3.8, 4) is 11.5 Å². The molecule has 0 saturated carbocycles. The van der Waals surface area contributed by atoms with Gasteiger partial charge in [0.05, 0.1) is 0 Å². The largest absolute Gasteiger partial charge is 0.456 e. The molecule has 1 aliphatic heterocycles. The van der Waals surface area contributed by atoms with Crippen LogP contribution in [0.2, 0.25) is 0 Å². The number of hydrogen-bond donors (Lipinski definition) is 0. The van der Waals surface area contributed by atoms with E-state index < -0.39 is 0 Å². The fourth-order valence-corrected chi connectivity index (χ4v) is 6.40. The first-order valence-corrected chi connectivity index (χ1v) is 13.1. The first-order valence-electron chi connectivity index (χ1n) is 13.1. The van der Waals surface area contributed by atoms with E-state index in [9.17, 15) is 0 Å². The molecule has 0 bridgehead atoms. The van der Waals surface area contributed by atoms with E-state index in [1.54, 1.807) is 0 Å². The molecule has 0 N–H and O–H groups in total. The molecule has 0 radical (unpaired) electrons. The van der Waals surface area contributed by atoms with Gasteiger partial charge in [0.25, 0.3) is 0 Å². The summed E-state index contributed by atoms with van der Waals surface area (Å²) in [6, 6.07) is 38.5. The van der Waals surface area contributed by atoms with Crippen molar-refractivity contribution in [1.82, 2.24) is 4.98 Å². The van der Waals surface area contributed by atoms with Crippen molar-refractivity contribution in [1.29, 1.82) is 0 Å². The average molecular weight is 489 g/mol. The van der Waals surface area contributed by atoms with E-state index in [0.717, 1.165) is 38.6 Å². The summed E-state index contributed by atoms with van der Waals surface area (Å²) in [5.41, 5.74) is 11.0. The standard InChI is InChI=1S/C34H24BNO2/c1-34(2)25-10-4-6-12-27(25)35(28-13-7-5-11-26(28)34)22-17-15-21(16-18-22)33-36-29-20-31-24(19-32(29)38-33)23-9-3-8-14-30(23)37-31/h3-20H,1-2H3. The highest BCUT2D eigenvalue weighted by Crippen LogP contribution is 2.35. The summed E-state index contributed by atoms with van der Waals surface area (Å²) in [6.45, 7) is 4.85. The molecule has 0 saturated heterocycles. The van der Waals surface area contributed by atoms with Crippen LogP contribution in [0.4, 0.5) is 0 Å². The van der Waals surface area contributed by atoms with Crippen molar-refractivity contribution >= 4 is 56.1 Å². The summed E-state index contributed by atoms with van der Waals surface area (Å²) in [5.74, 6) is 0.620. The fourth-order valence-electron chi connectivity index (χ4n) is 6.40. The monoisotopic (exact) mass is 489 g/mol. The van der Waals surface area contributed by atoms with Crippen molar-refractivity contribution in [2.45, 2.75) is 19.3 Å². The van der Waals surface area contributed by atoms with Gasteiger partial charge in [-0.25, -0.2) is 4.98 Å². The third kappa shape index (κ3) is 3.01. The topological polar surface area (TPSA) is 39.2 Å². The Morgan fingerprint density at radius 1 is 0.605 bits per heavy atom. The lowest BCUT2D eigenvalue weighted by Gasteiger charge is -2.38. The van der Waals surface area contributed by atoms with Crippen LogP contribution in [0.3, 0.4) is 0 Å². The molecule has 3 nitrogen and oxygen atoms in total. The summed E-state index contributed by atoms with van der Waals surface area (Å²) < 4.78 is 12.3. The number of para-hydroxylation sites is 1. The molecule has 180 valence electrons. The first kappa shape index (κ1) is 21.5. The van der Waals surface area contributed by atoms with Gasteiger partial charge in [-0.05, 0) is 23.3 Å². The number of oxazole rings is 1. The highest BCUT2D eigenvalue weighted by molar-refractivity contribution is 6.96. The first-order chi connectivity index (χ1) is 18.6. The molecule has 3 heterocycles. The van der Waals surface area contributed by atoms with Crippen molar-refractivity contribution in [3.05, 3.63) is 120 Å². The Kier molecular flexibility index (Phi) is 4.37. The van der Waals surface area contributed by atoms with E-state index >= 15 is 0 Å². The van der Waals surface area contributed by atoms with E-state index in [1.807, 2.05) is 30.3 Å². The van der Waals surface area contributed by atoms with Crippen molar-refractivity contribution in [2.75, 3.05) is 0 Å². The Labute approximate surface area is 220 Å². The van der Waals surface area contributed by atoms with Crippen molar-refractivity contribution < 1.29 is 8.83 Å². The van der Waals surface area contributed by atoms with Gasteiger partial charge in [0.2, 0.25) is 12.6 Å². The summed E-state index contributed by atoms with van der Waals surface area (Å²) in [4.78, 5) is 4.81. The minimum Gasteiger partial charge on any atom is -0.456 e. The number of fused-ring (bicyclic) bond motifs is 6. The Hall–Kier alpha value is -4.57. The fraction of sp³-hybridized carbons (Fsp3) is 0.0882. The molecule has 4 heteroatoms. The lowest BCUT2D eigenvalue weighted by Crippen LogP contribution is -2.60. The summed E-state index contributed by atoms with van der Waals surface area (Å²) in [5, 5.41) is 2.13. The van der Waals surface area contributed by atoms with E-state index in [0.29, 0.717) is 5.89 Å². The second-order valence-corrected chi connectivity index (χ2v) is 10.8. The summed E-state index contributed by atoms with van der Waals surface area (Å²) >= 11 is 0. The maximum Gasteiger partial charge on any atom is 0.241 e. The number of rotatable bonds is 2. The number of nitrogens with zero attached hydrogens (tertiary/aromatic N) is 1. The zero-order valence-corrected chi connectivity index (χ0v) is 21.2. The maximum atomic E-state index is 6.25. The minimum atomic E-state index is -0.0354. The number of furan rings is 1. The van der Waals surface area contributed by atoms with Gasteiger partial charge in [0.1, 0.15) is 16.7 Å². The zero-order chi connectivity index (χ0) is 25.4. The average Bonchev–Trinajstić information content (AvgIpc) is 3.53. The molecule has 2 aromatic heterocycles. The molecule has 0 atom stereocenters. The van der Waals surface area contributed by atoms with E-state index in [2.05, 4.69) is 92.7 Å². The van der Waals surface area contributed by atoms with Gasteiger partial charge in [0, 0.05) is 27.8 Å². The summed E-state index contributed by atoms with van der Waals surface area (Å²) in [7, 11) is 0. The molecule has 0 amide bonds. The molecular weight excluding hydrogens is 465 g/mol. The second kappa shape index (κ2) is 7.72. The Morgan fingerprint density at radius 2 is 1.26 bits per heavy atom. The molecule has 1 aliphatic rings. The highest BCUT2D eigenvalue weighted by Gasteiger charge is 2.39. The number of hydrogen-bond acceptors (Lipinski definition) is 3. The molecule has 7 aromatic rings. The Balaban J connectivity index is 1.22. The van der Waals surface area contributed by atoms with Gasteiger partial charge >= 0.3 is 0 Å². The minimum absolute atomic E-state index is 0.0354. The molecule has 0 fully saturated rings. The van der Waals surface area contributed by atoms with Gasteiger partial charge in [-0.15, -0.1) is 0 Å². The zero-order valence-electron chi connectivity index (χ0n) is 21.2. The molecular formula is C34H24BNO2. The molecule has 0 unspecified atom stereocenters. The Morgan fingerprint density at radius 3 is 2.00 bits per heavy atom. The van der Waals surface area contributed by atoms with E-state index in [-0.39, 0.29) is 12.1 Å². The predicted molar refractivity (Wildman–Crippen MR) is 156 cm³/mol. The van der Waals surface area contributed by atoms with Gasteiger partial charge < -0.3 is 8.83 Å². The van der Waals surface area contributed by atoms with Crippen LogP contribution in [-0.4, -0.2) is 11.7 Å². The lowest BCUT2D eigenvalue weighted by atomic mass is 9.31. The quantitative estimate of drug-likeness (QED) is 0.259. The highest BCUT2D eigenvalue weighted by atomic mass is 16.4. The molecule has 38 heavy (non-hydrogen) atoms. The van der Waals surface area contributed by atoms with Gasteiger partial charge in [-0.2, -0.15) is 0 Å². The molecule has 0 spiro atoms. The summed E-state index contributed by atoms with van der Waals surface area (Å²) in [6.07, 6.45) is 0. The Bertz CT molecular complexity index is 1960. The van der Waals surface area contributed by atoms with E-state index in [1.165, 1.54) is 27.5 Å². The molecule has 5 aromatic carbocycles. The predicted octanol–water partition coefficient (Wildman–Crippen LogP) is 6.55. The van der Waals surface area contributed by atoms with Gasteiger partial charge in [-0.3, -0.25) is 0 Å². The van der Waals surface area contributed by atoms with Gasteiger partial charge in [0.15, 0.2) is 5.58 Å². The van der Waals surface area contributed by atoms with Crippen LogP contribution < -0.4 is 16.4 Å². The maximum absolute atomic E-state index is 6.25. The SMILES string of the molecule is CC1(C)c2ccccc2B(c2ccc(-c3nc4cc5oc6ccccc6c5cc4o3)cc2)c2ccccc21. The van der Waals surface area contributed by atoms with Crippen LogP contribution in [0.15, 0.2) is 118 Å². The second-order valence-electron chi connectivity index (χ2n) is 10.8. The van der Waals surface area contributed by atoms with Crippen molar-refractivity contribution in [3.63, 3.8) is 0 Å². The van der Waals surface area contributed by atoms with E-state index in [4.69, 9.17) is 13.8 Å². The van der Waals surface area contributed by atoms with Crippen molar-refractivity contribution in [2.24, 2.45) is 0 Å². The van der Waals surface area contributed by atoms with Crippen LogP contribution in [0.5, 0.6) is 0 Å².